The third-order valence-electron chi connectivity index (χ3n) is 5.57. The first kappa shape index (κ1) is 25.5. The van der Waals surface area contributed by atoms with Crippen LogP contribution in [0, 0.1) is 0 Å². The number of phenols is 1. The number of nitrogens with one attached hydrogen (secondary N) is 1. The zero-order chi connectivity index (χ0) is 25.7. The summed E-state index contributed by atoms with van der Waals surface area (Å²) in [6.45, 7) is 0.0848. The fourth-order valence-corrected chi connectivity index (χ4v) is 3.52. The number of carboxylic acids is 2. The highest BCUT2D eigenvalue weighted by Gasteiger charge is 2.45. The van der Waals surface area contributed by atoms with Gasteiger partial charge in [0.05, 0.1) is 13.2 Å². The summed E-state index contributed by atoms with van der Waals surface area (Å²) < 4.78 is 5.43. The summed E-state index contributed by atoms with van der Waals surface area (Å²) in [5.41, 5.74) is 12.2. The number of aromatic hydroxyl groups is 1. The van der Waals surface area contributed by atoms with E-state index < -0.39 is 47.9 Å². The van der Waals surface area contributed by atoms with Crippen molar-refractivity contribution in [2.75, 3.05) is 13.2 Å². The van der Waals surface area contributed by atoms with E-state index >= 15 is 0 Å². The van der Waals surface area contributed by atoms with Crippen LogP contribution in [0.1, 0.15) is 29.6 Å². The number of carboxylic acid groups (broad SMARTS) is 2. The molecule has 8 N–H and O–H groups in total. The number of rotatable bonds is 11. The Morgan fingerprint density at radius 2 is 1.60 bits per heavy atom. The molecule has 186 valence electrons. The van der Waals surface area contributed by atoms with E-state index in [1.165, 1.54) is 24.3 Å². The van der Waals surface area contributed by atoms with Crippen LogP contribution in [0.4, 0.5) is 0 Å². The lowest BCUT2D eigenvalue weighted by molar-refractivity contribution is -0.160. The number of nitrogens with zero attached hydrogens (tertiary/aromatic N) is 1. The predicted octanol–water partition coefficient (Wildman–Crippen LogP) is -0.274. The highest BCUT2D eigenvalue weighted by molar-refractivity contribution is 5.96. The van der Waals surface area contributed by atoms with Gasteiger partial charge in [-0.05, 0) is 35.4 Å². The number of carbonyl (C=O) groups is 4. The number of nitrogens with two attached hydrogens (primary N) is 2. The van der Waals surface area contributed by atoms with Gasteiger partial charge in [-0.2, -0.15) is 0 Å². The lowest BCUT2D eigenvalue weighted by Crippen LogP contribution is -2.66. The first-order valence-electron chi connectivity index (χ1n) is 10.7. The molecule has 1 unspecified atom stereocenters. The van der Waals surface area contributed by atoms with Gasteiger partial charge in [0.2, 0.25) is 11.8 Å². The van der Waals surface area contributed by atoms with Crippen LogP contribution in [-0.2, 0) is 19.2 Å². The van der Waals surface area contributed by atoms with Gasteiger partial charge in [0.25, 0.3) is 0 Å². The van der Waals surface area contributed by atoms with Crippen molar-refractivity contribution in [3.8, 4) is 11.5 Å². The predicted molar refractivity (Wildman–Crippen MR) is 121 cm³/mol. The highest BCUT2D eigenvalue weighted by Crippen LogP contribution is 2.29. The van der Waals surface area contributed by atoms with Crippen LogP contribution in [0.25, 0.3) is 0 Å². The van der Waals surface area contributed by atoms with E-state index in [4.69, 9.17) is 21.3 Å². The zero-order valence-corrected chi connectivity index (χ0v) is 18.5. The number of phenolic OH excluding ortho intramolecular Hbond substituents is 1. The lowest BCUT2D eigenvalue weighted by Gasteiger charge is -2.42. The largest absolute Gasteiger partial charge is 0.508 e. The first-order chi connectivity index (χ1) is 16.6. The van der Waals surface area contributed by atoms with Crippen LogP contribution >= 0.6 is 0 Å². The minimum Gasteiger partial charge on any atom is -0.508 e. The van der Waals surface area contributed by atoms with E-state index in [2.05, 4.69) is 5.32 Å². The van der Waals surface area contributed by atoms with E-state index in [9.17, 15) is 29.4 Å². The summed E-state index contributed by atoms with van der Waals surface area (Å²) >= 11 is 0. The van der Waals surface area contributed by atoms with E-state index in [0.717, 1.165) is 4.90 Å². The number of carbonyl (C=O) groups excluding carboxylic acids is 2. The molecule has 3 rings (SSSR count). The van der Waals surface area contributed by atoms with Gasteiger partial charge >= 0.3 is 11.9 Å². The van der Waals surface area contributed by atoms with Crippen molar-refractivity contribution in [3.05, 3.63) is 59.7 Å². The van der Waals surface area contributed by atoms with Crippen molar-refractivity contribution in [3.63, 3.8) is 0 Å². The average Bonchev–Trinajstić information content (AvgIpc) is 2.83. The van der Waals surface area contributed by atoms with Gasteiger partial charge in [0.15, 0.2) is 6.04 Å². The average molecular weight is 486 g/mol. The Balaban J connectivity index is 1.53. The number of β-lactam (4-membered cyclic amide) rings is 1. The molecule has 1 aliphatic rings. The van der Waals surface area contributed by atoms with Crippen LogP contribution < -0.4 is 21.5 Å². The molecule has 4 atom stereocenters. The second-order valence-corrected chi connectivity index (χ2v) is 8.01. The Kier molecular flexibility index (Phi) is 7.89. The SMILES string of the molecule is NC(C(=O)N[C@H]1CN([C@@H](C(=O)O)c2ccc(O)cc2)C1=O)c1ccc(OCC[C@@H](N)C(=O)O)cc1. The molecule has 0 aliphatic carbocycles. The van der Waals surface area contributed by atoms with Crippen LogP contribution in [-0.4, -0.2) is 69.2 Å². The molecule has 35 heavy (non-hydrogen) atoms. The Morgan fingerprint density at radius 1 is 1.00 bits per heavy atom. The second kappa shape index (κ2) is 10.8. The fourth-order valence-electron chi connectivity index (χ4n) is 3.52. The third-order valence-corrected chi connectivity index (χ3v) is 5.57. The quantitative estimate of drug-likeness (QED) is 0.229. The number of hydrogen-bond acceptors (Lipinski definition) is 8. The normalized spacial score (nSPS) is 17.6. The zero-order valence-electron chi connectivity index (χ0n) is 18.5. The van der Waals surface area contributed by atoms with Gasteiger partial charge in [0, 0.05) is 6.42 Å². The summed E-state index contributed by atoms with van der Waals surface area (Å²) in [5.74, 6) is -3.12. The van der Waals surface area contributed by atoms with Crippen molar-refractivity contribution in [1.82, 2.24) is 10.2 Å². The van der Waals surface area contributed by atoms with Crippen molar-refractivity contribution < 1.29 is 39.2 Å². The maximum Gasteiger partial charge on any atom is 0.331 e. The minimum atomic E-state index is -1.25. The van der Waals surface area contributed by atoms with Crippen molar-refractivity contribution in [2.24, 2.45) is 11.5 Å². The fraction of sp³-hybridized carbons (Fsp3) is 0.304. The van der Waals surface area contributed by atoms with Gasteiger partial charge in [0.1, 0.15) is 29.6 Å². The molecule has 0 bridgehead atoms. The van der Waals surface area contributed by atoms with Crippen molar-refractivity contribution in [2.45, 2.75) is 30.6 Å². The minimum absolute atomic E-state index is 0.0135. The maximum atomic E-state index is 12.6. The Morgan fingerprint density at radius 3 is 2.14 bits per heavy atom. The molecule has 2 aromatic rings. The molecule has 1 saturated heterocycles. The van der Waals surface area contributed by atoms with E-state index in [-0.39, 0.29) is 25.3 Å². The lowest BCUT2D eigenvalue weighted by atomic mass is 9.97. The van der Waals surface area contributed by atoms with E-state index in [0.29, 0.717) is 16.9 Å². The molecule has 0 spiro atoms. The summed E-state index contributed by atoms with van der Waals surface area (Å²) in [5, 5.41) is 30.3. The molecular formula is C23H26N4O8. The summed E-state index contributed by atoms with van der Waals surface area (Å²) in [4.78, 5) is 48.7. The Bertz CT molecular complexity index is 1090. The highest BCUT2D eigenvalue weighted by atomic mass is 16.5. The second-order valence-electron chi connectivity index (χ2n) is 8.01. The topological polar surface area (TPSA) is 206 Å². The number of ether oxygens (including phenoxy) is 1. The molecule has 0 aromatic heterocycles. The van der Waals surface area contributed by atoms with Gasteiger partial charge in [-0.3, -0.25) is 14.4 Å². The van der Waals surface area contributed by atoms with Crippen LogP contribution in [0.2, 0.25) is 0 Å². The standard InChI is InChI=1S/C23H26N4O8/c24-16(22(31)32)9-10-35-15-7-3-12(4-8-15)18(25)20(29)26-17-11-27(21(17)30)19(23(33)34)13-1-5-14(28)6-2-13/h1-8,16-19,28H,9-11,24-25H2,(H,26,29)(H,31,32)(H,33,34)/t16-,17+,18?,19-/m1/s1. The molecule has 2 amide bonds. The molecule has 1 fully saturated rings. The van der Waals surface area contributed by atoms with Crippen molar-refractivity contribution in [1.29, 1.82) is 0 Å². The molecular weight excluding hydrogens is 460 g/mol. The van der Waals surface area contributed by atoms with Gasteiger partial charge in [-0.15, -0.1) is 0 Å². The van der Waals surface area contributed by atoms with Crippen LogP contribution in [0.3, 0.4) is 0 Å². The smallest absolute Gasteiger partial charge is 0.331 e. The molecule has 12 nitrogen and oxygen atoms in total. The summed E-state index contributed by atoms with van der Waals surface area (Å²) in [6, 6.07) is 7.49. The Hall–Kier alpha value is -4.16. The number of hydrogen-bond donors (Lipinski definition) is 6. The monoisotopic (exact) mass is 486 g/mol. The van der Waals surface area contributed by atoms with E-state index in [1.54, 1.807) is 24.3 Å². The molecule has 1 heterocycles. The number of likely N-dealkylation sites (tertiary alicyclic amines) is 1. The van der Waals surface area contributed by atoms with Gasteiger partial charge < -0.3 is 41.7 Å². The number of aliphatic carboxylic acids is 2. The van der Waals surface area contributed by atoms with E-state index in [1.807, 2.05) is 0 Å². The number of amides is 2. The van der Waals surface area contributed by atoms with Crippen LogP contribution in [0.5, 0.6) is 11.5 Å². The Labute approximate surface area is 200 Å². The molecule has 2 aromatic carbocycles. The van der Waals surface area contributed by atoms with Gasteiger partial charge in [-0.1, -0.05) is 24.3 Å². The summed E-state index contributed by atoms with van der Waals surface area (Å²) in [6.07, 6.45) is 0.126. The molecule has 1 aliphatic heterocycles. The molecule has 0 saturated carbocycles. The third kappa shape index (κ3) is 6.05. The van der Waals surface area contributed by atoms with Crippen molar-refractivity contribution >= 4 is 23.8 Å². The first-order valence-corrected chi connectivity index (χ1v) is 10.7. The van der Waals surface area contributed by atoms with Crippen LogP contribution in [0.15, 0.2) is 48.5 Å². The van der Waals surface area contributed by atoms with Gasteiger partial charge in [-0.25, -0.2) is 4.79 Å². The summed E-state index contributed by atoms with van der Waals surface area (Å²) in [7, 11) is 0. The molecule has 0 radical (unpaired) electrons. The maximum absolute atomic E-state index is 12.6. The molecule has 12 heteroatoms. The number of benzene rings is 2.